The number of phenolic OH excluding ortho intramolecular Hbond substituents is 1. The summed E-state index contributed by atoms with van der Waals surface area (Å²) in [5.41, 5.74) is 0.980. The van der Waals surface area contributed by atoms with Crippen molar-refractivity contribution < 1.29 is 19.2 Å². The molecule has 9 heteroatoms. The van der Waals surface area contributed by atoms with Gasteiger partial charge in [-0.25, -0.2) is 4.79 Å². The van der Waals surface area contributed by atoms with Crippen LogP contribution in [-0.4, -0.2) is 40.0 Å². The van der Waals surface area contributed by atoms with Gasteiger partial charge in [0, 0.05) is 42.7 Å². The molecule has 0 saturated carbocycles. The number of carbonyl (C=O) groups excluding carboxylic acids is 1. The summed E-state index contributed by atoms with van der Waals surface area (Å²) < 4.78 is 5.24. The lowest BCUT2D eigenvalue weighted by atomic mass is 10.0. The number of aromatic hydroxyl groups is 1. The van der Waals surface area contributed by atoms with Crippen molar-refractivity contribution in [3.8, 4) is 5.75 Å². The highest BCUT2D eigenvalue weighted by atomic mass is 16.6. The number of amides is 1. The molecular weight excluding hydrogens is 426 g/mol. The minimum absolute atomic E-state index is 0.0177. The Bertz CT molecular complexity index is 1290. The van der Waals surface area contributed by atoms with E-state index in [2.05, 4.69) is 35.3 Å². The number of nitrogens with one attached hydrogen (secondary N) is 1. The van der Waals surface area contributed by atoms with Gasteiger partial charge in [0.1, 0.15) is 11.1 Å². The highest BCUT2D eigenvalue weighted by molar-refractivity contribution is 5.98. The van der Waals surface area contributed by atoms with Crippen LogP contribution in [0, 0.1) is 24.0 Å². The largest absolute Gasteiger partial charge is 0.502 e. The number of benzene rings is 2. The average molecular weight is 451 g/mol. The summed E-state index contributed by atoms with van der Waals surface area (Å²) in [6, 6.07) is 10.7. The van der Waals surface area contributed by atoms with Crippen LogP contribution in [0.1, 0.15) is 39.9 Å². The van der Waals surface area contributed by atoms with Gasteiger partial charge in [-0.1, -0.05) is 29.8 Å². The first-order valence-electron chi connectivity index (χ1n) is 10.8. The number of piperidine rings is 1. The molecule has 0 unspecified atom stereocenters. The van der Waals surface area contributed by atoms with Gasteiger partial charge in [0.2, 0.25) is 5.75 Å². The molecule has 0 atom stereocenters. The number of nitrogens with zero attached hydrogens (tertiary/aromatic N) is 2. The van der Waals surface area contributed by atoms with Crippen molar-refractivity contribution in [1.29, 1.82) is 0 Å². The van der Waals surface area contributed by atoms with Crippen LogP contribution in [0.4, 0.5) is 5.69 Å². The molecule has 2 N–H and O–H groups in total. The molecule has 4 rings (SSSR count). The van der Waals surface area contributed by atoms with Gasteiger partial charge in [0.25, 0.3) is 5.91 Å². The molecule has 0 bridgehead atoms. The second-order valence-electron chi connectivity index (χ2n) is 8.51. The van der Waals surface area contributed by atoms with Gasteiger partial charge in [0.15, 0.2) is 0 Å². The van der Waals surface area contributed by atoms with Crippen LogP contribution in [0.15, 0.2) is 45.6 Å². The predicted octanol–water partition coefficient (Wildman–Crippen LogP) is 3.42. The fourth-order valence-electron chi connectivity index (χ4n) is 4.27. The maximum atomic E-state index is 12.8. The molecule has 172 valence electrons. The third-order valence-corrected chi connectivity index (χ3v) is 6.06. The molecule has 3 aromatic rings. The lowest BCUT2D eigenvalue weighted by molar-refractivity contribution is -0.385. The number of rotatable bonds is 5. The highest BCUT2D eigenvalue weighted by Crippen LogP contribution is 2.35. The number of carbonyl (C=O) groups is 1. The summed E-state index contributed by atoms with van der Waals surface area (Å²) in [6.07, 6.45) is 1.49. The smallest absolute Gasteiger partial charge is 0.349 e. The Balaban J connectivity index is 1.46. The monoisotopic (exact) mass is 451 g/mol. The van der Waals surface area contributed by atoms with E-state index in [1.807, 2.05) is 6.07 Å². The van der Waals surface area contributed by atoms with E-state index >= 15 is 0 Å². The SMILES string of the molecule is Cc1cccc(CN2CCC(NC(=O)c3cc4cc([N+](=O)[O-])c(O)c(C)c4oc3=O)CC2)c1. The molecule has 2 heterocycles. The molecule has 9 nitrogen and oxygen atoms in total. The summed E-state index contributed by atoms with van der Waals surface area (Å²) in [5, 5.41) is 24.3. The van der Waals surface area contributed by atoms with Gasteiger partial charge in [-0.15, -0.1) is 0 Å². The molecule has 1 fully saturated rings. The van der Waals surface area contributed by atoms with Crippen molar-refractivity contribution >= 4 is 22.6 Å². The Morgan fingerprint density at radius 1 is 1.24 bits per heavy atom. The van der Waals surface area contributed by atoms with Gasteiger partial charge < -0.3 is 14.8 Å². The van der Waals surface area contributed by atoms with Crippen molar-refractivity contribution in [3.63, 3.8) is 0 Å². The molecule has 2 aromatic carbocycles. The van der Waals surface area contributed by atoms with Crippen LogP contribution in [0.3, 0.4) is 0 Å². The Labute approximate surface area is 189 Å². The maximum Gasteiger partial charge on any atom is 0.349 e. The normalized spacial score (nSPS) is 15.0. The van der Waals surface area contributed by atoms with Crippen LogP contribution < -0.4 is 10.9 Å². The minimum Gasteiger partial charge on any atom is -0.502 e. The number of hydrogen-bond acceptors (Lipinski definition) is 7. The van der Waals surface area contributed by atoms with Gasteiger partial charge in [0.05, 0.1) is 4.92 Å². The standard InChI is InChI=1S/C24H25N3O6/c1-14-4-3-5-16(10-14)13-26-8-6-18(7-9-26)25-23(29)19-11-17-12-20(27(31)32)21(28)15(2)22(17)33-24(19)30/h3-5,10-12,18,28H,6-9,13H2,1-2H3,(H,25,29). The summed E-state index contributed by atoms with van der Waals surface area (Å²) in [6.45, 7) is 5.96. The maximum absolute atomic E-state index is 12.8. The minimum atomic E-state index is -0.853. The second kappa shape index (κ2) is 9.03. The average Bonchev–Trinajstić information content (AvgIpc) is 2.77. The zero-order chi connectivity index (χ0) is 23.7. The summed E-state index contributed by atoms with van der Waals surface area (Å²) in [7, 11) is 0. The van der Waals surface area contributed by atoms with E-state index in [4.69, 9.17) is 4.42 Å². The molecule has 1 aliphatic rings. The van der Waals surface area contributed by atoms with Crippen molar-refractivity contribution in [2.45, 2.75) is 39.3 Å². The number of hydrogen-bond donors (Lipinski definition) is 2. The number of nitro benzene ring substituents is 1. The van der Waals surface area contributed by atoms with Gasteiger partial charge in [-0.05, 0) is 38.3 Å². The number of phenols is 1. The predicted molar refractivity (Wildman–Crippen MR) is 122 cm³/mol. The van der Waals surface area contributed by atoms with Gasteiger partial charge >= 0.3 is 11.3 Å². The molecular formula is C24H25N3O6. The first-order valence-corrected chi connectivity index (χ1v) is 10.8. The van der Waals surface area contributed by atoms with E-state index in [0.29, 0.717) is 0 Å². The fourth-order valence-corrected chi connectivity index (χ4v) is 4.27. The first-order chi connectivity index (χ1) is 15.7. The van der Waals surface area contributed by atoms with Crippen LogP contribution in [0.2, 0.25) is 0 Å². The Hall–Kier alpha value is -3.72. The summed E-state index contributed by atoms with van der Waals surface area (Å²) in [5.74, 6) is -1.14. The van der Waals surface area contributed by atoms with E-state index < -0.39 is 27.9 Å². The van der Waals surface area contributed by atoms with E-state index in [1.165, 1.54) is 24.1 Å². The quantitative estimate of drug-likeness (QED) is 0.346. The Morgan fingerprint density at radius 3 is 2.64 bits per heavy atom. The lowest BCUT2D eigenvalue weighted by Crippen LogP contribution is -2.45. The first kappa shape index (κ1) is 22.5. The van der Waals surface area contributed by atoms with Crippen molar-refractivity contribution in [3.05, 3.63) is 79.2 Å². The van der Waals surface area contributed by atoms with Crippen LogP contribution in [0.5, 0.6) is 5.75 Å². The second-order valence-corrected chi connectivity index (χ2v) is 8.51. The van der Waals surface area contributed by atoms with Crippen molar-refractivity contribution in [2.24, 2.45) is 0 Å². The van der Waals surface area contributed by atoms with E-state index in [0.717, 1.165) is 38.5 Å². The molecule has 1 amide bonds. The van der Waals surface area contributed by atoms with Crippen LogP contribution >= 0.6 is 0 Å². The topological polar surface area (TPSA) is 126 Å². The summed E-state index contributed by atoms with van der Waals surface area (Å²) >= 11 is 0. The third kappa shape index (κ3) is 4.73. The lowest BCUT2D eigenvalue weighted by Gasteiger charge is -2.32. The van der Waals surface area contributed by atoms with E-state index in [-0.39, 0.29) is 28.1 Å². The van der Waals surface area contributed by atoms with Gasteiger partial charge in [-0.3, -0.25) is 19.8 Å². The number of aryl methyl sites for hydroxylation is 2. The zero-order valence-corrected chi connectivity index (χ0v) is 18.5. The number of fused-ring (bicyclic) bond motifs is 1. The Morgan fingerprint density at radius 2 is 1.97 bits per heavy atom. The van der Waals surface area contributed by atoms with E-state index in [9.17, 15) is 24.8 Å². The molecule has 0 aliphatic carbocycles. The van der Waals surface area contributed by atoms with Gasteiger partial charge in [-0.2, -0.15) is 0 Å². The number of likely N-dealkylation sites (tertiary alicyclic amines) is 1. The molecule has 1 aromatic heterocycles. The van der Waals surface area contributed by atoms with E-state index in [1.54, 1.807) is 0 Å². The van der Waals surface area contributed by atoms with Crippen LogP contribution in [-0.2, 0) is 6.54 Å². The molecule has 1 saturated heterocycles. The Kier molecular flexibility index (Phi) is 6.15. The third-order valence-electron chi connectivity index (χ3n) is 6.06. The van der Waals surface area contributed by atoms with Crippen molar-refractivity contribution in [2.75, 3.05) is 13.1 Å². The molecule has 0 spiro atoms. The molecule has 0 radical (unpaired) electrons. The highest BCUT2D eigenvalue weighted by Gasteiger charge is 2.25. The van der Waals surface area contributed by atoms with Crippen LogP contribution in [0.25, 0.3) is 11.0 Å². The fraction of sp³-hybridized carbons (Fsp3) is 0.333. The molecule has 33 heavy (non-hydrogen) atoms. The number of nitro groups is 1. The molecule has 1 aliphatic heterocycles. The summed E-state index contributed by atoms with van der Waals surface area (Å²) in [4.78, 5) is 38.0. The van der Waals surface area contributed by atoms with Crippen molar-refractivity contribution in [1.82, 2.24) is 10.2 Å². The zero-order valence-electron chi connectivity index (χ0n) is 18.5.